The largest absolute Gasteiger partial charge is 0.462 e. The van der Waals surface area contributed by atoms with Crippen molar-refractivity contribution >= 4 is 29.5 Å². The lowest BCUT2D eigenvalue weighted by Gasteiger charge is -2.12. The molecule has 3 rings (SSSR count). The topological polar surface area (TPSA) is 135 Å². The van der Waals surface area contributed by atoms with E-state index in [1.54, 1.807) is 38.1 Å². The van der Waals surface area contributed by atoms with Gasteiger partial charge in [-0.1, -0.05) is 36.0 Å². The van der Waals surface area contributed by atoms with Gasteiger partial charge in [-0.15, -0.1) is 0 Å². The van der Waals surface area contributed by atoms with Gasteiger partial charge in [-0.3, -0.25) is 9.59 Å². The summed E-state index contributed by atoms with van der Waals surface area (Å²) in [7, 11) is 0. The Bertz CT molecular complexity index is 1040. The van der Waals surface area contributed by atoms with Crippen molar-refractivity contribution in [3.05, 3.63) is 46.3 Å². The van der Waals surface area contributed by atoms with E-state index in [9.17, 15) is 14.4 Å². The van der Waals surface area contributed by atoms with Crippen molar-refractivity contribution in [1.82, 2.24) is 26.1 Å². The quantitative estimate of drug-likeness (QED) is 0.377. The van der Waals surface area contributed by atoms with Crippen LogP contribution in [0.1, 0.15) is 37.0 Å². The number of allylic oxidation sites excluding steroid dienone is 1. The predicted molar refractivity (Wildman–Crippen MR) is 118 cm³/mol. The van der Waals surface area contributed by atoms with E-state index in [1.807, 2.05) is 6.92 Å². The highest BCUT2D eigenvalue weighted by molar-refractivity contribution is 8.05. The number of hydrogen-bond acceptors (Lipinski definition) is 9. The number of nitrogens with zero attached hydrogens (tertiary/aromatic N) is 2. The second-order valence-corrected chi connectivity index (χ2v) is 7.93. The van der Waals surface area contributed by atoms with Gasteiger partial charge in [-0.05, 0) is 26.0 Å². The lowest BCUT2D eigenvalue weighted by molar-refractivity contribution is -0.137. The average Bonchev–Trinajstić information content (AvgIpc) is 3.43. The highest BCUT2D eigenvalue weighted by Crippen LogP contribution is 2.31. The number of carbonyl (C=O) groups is 3. The molecule has 0 fully saturated rings. The summed E-state index contributed by atoms with van der Waals surface area (Å²) in [6, 6.07) is 6.91. The summed E-state index contributed by atoms with van der Waals surface area (Å²) in [6.07, 6.45) is 0.632. The lowest BCUT2D eigenvalue weighted by atomic mass is 10.1. The van der Waals surface area contributed by atoms with Gasteiger partial charge in [0.05, 0.1) is 6.61 Å². The smallest absolute Gasteiger partial charge is 0.346 e. The molecule has 170 valence electrons. The van der Waals surface area contributed by atoms with Crippen LogP contribution in [0.25, 0.3) is 11.4 Å². The lowest BCUT2D eigenvalue weighted by Crippen LogP contribution is -2.42. The number of carbonyl (C=O) groups excluding carboxylic acids is 3. The van der Waals surface area contributed by atoms with Gasteiger partial charge in [-0.25, -0.2) is 4.79 Å². The van der Waals surface area contributed by atoms with E-state index >= 15 is 0 Å². The number of nitrogens with one attached hydrogen (secondary N) is 3. The van der Waals surface area contributed by atoms with Crippen LogP contribution in [-0.4, -0.2) is 53.0 Å². The third-order valence-electron chi connectivity index (χ3n) is 4.49. The molecule has 0 bridgehead atoms. The molecule has 1 aromatic heterocycles. The zero-order valence-electron chi connectivity index (χ0n) is 18.1. The molecule has 0 saturated heterocycles. The number of hydrogen-bond donors (Lipinski definition) is 3. The summed E-state index contributed by atoms with van der Waals surface area (Å²) in [4.78, 5) is 41.4. The molecule has 0 saturated carbocycles. The Hall–Kier alpha value is -3.34. The van der Waals surface area contributed by atoms with E-state index in [-0.39, 0.29) is 31.5 Å². The van der Waals surface area contributed by atoms with Crippen molar-refractivity contribution in [2.45, 2.75) is 32.6 Å². The van der Waals surface area contributed by atoms with Crippen LogP contribution in [0.2, 0.25) is 0 Å². The maximum atomic E-state index is 12.5. The molecule has 1 aromatic carbocycles. The molecular formula is C21H25N5O5S. The monoisotopic (exact) mass is 459 g/mol. The molecule has 2 aromatic rings. The second-order valence-electron chi connectivity index (χ2n) is 6.81. The fourth-order valence-corrected chi connectivity index (χ4v) is 3.94. The molecule has 0 aliphatic carbocycles. The summed E-state index contributed by atoms with van der Waals surface area (Å²) in [5, 5.41) is 11.8. The number of rotatable bonds is 9. The first-order chi connectivity index (χ1) is 15.4. The SMILES string of the molecule is CCOC(=O)C1=C(C)NC(C(=O)NCCNC(=O)c2cccc(-c3noc(CC)n3)c2)S1. The zero-order valence-corrected chi connectivity index (χ0v) is 18.9. The third kappa shape index (κ3) is 5.67. The van der Waals surface area contributed by atoms with Crippen LogP contribution in [-0.2, 0) is 20.7 Å². The highest BCUT2D eigenvalue weighted by Gasteiger charge is 2.32. The Morgan fingerprint density at radius 2 is 2.00 bits per heavy atom. The Morgan fingerprint density at radius 3 is 2.72 bits per heavy atom. The fourth-order valence-electron chi connectivity index (χ4n) is 2.89. The van der Waals surface area contributed by atoms with E-state index in [0.29, 0.717) is 39.9 Å². The van der Waals surface area contributed by atoms with E-state index in [2.05, 4.69) is 26.1 Å². The van der Waals surface area contributed by atoms with Gasteiger partial charge in [0.15, 0.2) is 5.37 Å². The second kappa shape index (κ2) is 10.8. The third-order valence-corrected chi connectivity index (χ3v) is 5.76. The average molecular weight is 460 g/mol. The van der Waals surface area contributed by atoms with Gasteiger partial charge < -0.3 is 25.2 Å². The Balaban J connectivity index is 1.45. The molecule has 1 aliphatic heterocycles. The molecule has 2 heterocycles. The Morgan fingerprint density at radius 1 is 1.22 bits per heavy atom. The molecule has 0 radical (unpaired) electrons. The first kappa shape index (κ1) is 23.3. The molecule has 1 aliphatic rings. The summed E-state index contributed by atoms with van der Waals surface area (Å²) in [5.41, 5.74) is 1.73. The molecule has 1 unspecified atom stereocenters. The zero-order chi connectivity index (χ0) is 23.1. The van der Waals surface area contributed by atoms with E-state index in [0.717, 1.165) is 11.8 Å². The van der Waals surface area contributed by atoms with Gasteiger partial charge in [0.1, 0.15) is 4.91 Å². The number of amides is 2. The summed E-state index contributed by atoms with van der Waals surface area (Å²) in [6.45, 7) is 6.11. The summed E-state index contributed by atoms with van der Waals surface area (Å²) < 4.78 is 10.1. The highest BCUT2D eigenvalue weighted by atomic mass is 32.2. The summed E-state index contributed by atoms with van der Waals surface area (Å²) in [5.74, 6) is -0.0553. The van der Waals surface area contributed by atoms with Gasteiger partial charge in [0.2, 0.25) is 11.7 Å². The Kier molecular flexibility index (Phi) is 7.87. The van der Waals surface area contributed by atoms with Gasteiger partial charge >= 0.3 is 5.97 Å². The summed E-state index contributed by atoms with van der Waals surface area (Å²) >= 11 is 1.11. The van der Waals surface area contributed by atoms with Gasteiger partial charge in [0, 0.05) is 36.3 Å². The van der Waals surface area contributed by atoms with Crippen molar-refractivity contribution in [3.8, 4) is 11.4 Å². The number of esters is 1. The van der Waals surface area contributed by atoms with E-state index in [1.165, 1.54) is 0 Å². The number of aromatic nitrogens is 2. The fraction of sp³-hybridized carbons (Fsp3) is 0.381. The van der Waals surface area contributed by atoms with Crippen LogP contribution in [0.5, 0.6) is 0 Å². The van der Waals surface area contributed by atoms with Crippen molar-refractivity contribution in [2.24, 2.45) is 0 Å². The molecule has 1 atom stereocenters. The number of ether oxygens (including phenoxy) is 1. The maximum absolute atomic E-state index is 12.5. The Labute approximate surface area is 189 Å². The molecule has 32 heavy (non-hydrogen) atoms. The normalized spacial score (nSPS) is 15.3. The number of thioether (sulfide) groups is 1. The van der Waals surface area contributed by atoms with E-state index in [4.69, 9.17) is 9.26 Å². The van der Waals surface area contributed by atoms with Crippen molar-refractivity contribution < 1.29 is 23.6 Å². The molecular weight excluding hydrogens is 434 g/mol. The predicted octanol–water partition coefficient (Wildman–Crippen LogP) is 1.60. The van der Waals surface area contributed by atoms with Gasteiger partial charge in [0.25, 0.3) is 11.8 Å². The van der Waals surface area contributed by atoms with Crippen LogP contribution in [0.15, 0.2) is 39.4 Å². The van der Waals surface area contributed by atoms with Crippen LogP contribution in [0.4, 0.5) is 0 Å². The standard InChI is InChI=1S/C21H25N5O5S/c1-4-15-25-17(26-31-15)13-7-6-8-14(11-13)18(27)22-9-10-23-19(28)20-24-12(3)16(32-20)21(29)30-5-2/h6-8,11,20,24H,4-5,9-10H2,1-3H3,(H,22,27)(H,23,28). The minimum absolute atomic E-state index is 0.238. The first-order valence-corrected chi connectivity index (χ1v) is 11.1. The number of aryl methyl sites for hydroxylation is 1. The maximum Gasteiger partial charge on any atom is 0.346 e. The van der Waals surface area contributed by atoms with Crippen molar-refractivity contribution in [2.75, 3.05) is 19.7 Å². The molecule has 3 N–H and O–H groups in total. The van der Waals surface area contributed by atoms with Crippen molar-refractivity contribution in [1.29, 1.82) is 0 Å². The van der Waals surface area contributed by atoms with E-state index < -0.39 is 11.3 Å². The van der Waals surface area contributed by atoms with Gasteiger partial charge in [-0.2, -0.15) is 4.98 Å². The van der Waals surface area contributed by atoms with Crippen molar-refractivity contribution in [3.63, 3.8) is 0 Å². The van der Waals surface area contributed by atoms with Crippen LogP contribution >= 0.6 is 11.8 Å². The number of benzene rings is 1. The van der Waals surface area contributed by atoms with Crippen LogP contribution in [0.3, 0.4) is 0 Å². The minimum atomic E-state index is -0.621. The molecule has 0 spiro atoms. The molecule has 10 nitrogen and oxygen atoms in total. The van der Waals surface area contributed by atoms with Crippen LogP contribution < -0.4 is 16.0 Å². The first-order valence-electron chi connectivity index (χ1n) is 10.2. The molecule has 2 amide bonds. The minimum Gasteiger partial charge on any atom is -0.462 e. The molecule has 11 heteroatoms. The van der Waals surface area contributed by atoms with Crippen LogP contribution in [0, 0.1) is 0 Å².